The SMILES string of the molecule is CS(=O)(=O)c1ccc2c(c1)CCCN2Cn1nc(Nc2ccccc2F)sc1=S. The lowest BCUT2D eigenvalue weighted by Crippen LogP contribution is -2.32. The first kappa shape index (κ1) is 20.0. The maximum Gasteiger partial charge on any atom is 0.209 e. The molecule has 0 radical (unpaired) electrons. The zero-order chi connectivity index (χ0) is 20.6. The van der Waals surface area contributed by atoms with Crippen molar-refractivity contribution in [2.75, 3.05) is 23.0 Å². The number of anilines is 3. The van der Waals surface area contributed by atoms with Gasteiger partial charge in [0.1, 0.15) is 12.5 Å². The van der Waals surface area contributed by atoms with E-state index in [9.17, 15) is 12.8 Å². The van der Waals surface area contributed by atoms with E-state index in [0.717, 1.165) is 30.6 Å². The molecule has 6 nitrogen and oxygen atoms in total. The van der Waals surface area contributed by atoms with E-state index < -0.39 is 9.84 Å². The number of hydrogen-bond donors (Lipinski definition) is 1. The van der Waals surface area contributed by atoms with E-state index in [0.29, 0.717) is 26.3 Å². The average Bonchev–Trinajstić information content (AvgIpc) is 3.02. The number of sulfone groups is 1. The Morgan fingerprint density at radius 3 is 2.83 bits per heavy atom. The zero-order valence-electron chi connectivity index (χ0n) is 15.6. The van der Waals surface area contributed by atoms with E-state index >= 15 is 0 Å². The Labute approximate surface area is 177 Å². The zero-order valence-corrected chi connectivity index (χ0v) is 18.1. The number of aryl methyl sites for hydroxylation is 1. The van der Waals surface area contributed by atoms with Crippen molar-refractivity contribution in [3.63, 3.8) is 0 Å². The van der Waals surface area contributed by atoms with E-state index in [1.54, 1.807) is 35.0 Å². The molecule has 0 spiro atoms. The molecular weight excluding hydrogens is 431 g/mol. The van der Waals surface area contributed by atoms with Crippen LogP contribution in [0.25, 0.3) is 0 Å². The Kier molecular flexibility index (Phi) is 5.41. The van der Waals surface area contributed by atoms with Crippen LogP contribution in [-0.4, -0.2) is 31.0 Å². The van der Waals surface area contributed by atoms with Gasteiger partial charge in [-0.1, -0.05) is 23.5 Å². The molecule has 0 unspecified atom stereocenters. The molecule has 1 N–H and O–H groups in total. The molecule has 0 fully saturated rings. The summed E-state index contributed by atoms with van der Waals surface area (Å²) in [5, 5.41) is 7.98. The fourth-order valence-electron chi connectivity index (χ4n) is 3.31. The molecule has 1 aliphatic rings. The number of rotatable bonds is 5. The van der Waals surface area contributed by atoms with Crippen LogP contribution in [0, 0.1) is 9.77 Å². The first-order valence-corrected chi connectivity index (χ1v) is 12.1. The van der Waals surface area contributed by atoms with Crippen molar-refractivity contribution in [1.29, 1.82) is 0 Å². The molecule has 0 aliphatic carbocycles. The molecule has 4 rings (SSSR count). The normalized spacial score (nSPS) is 13.9. The Morgan fingerprint density at radius 2 is 2.07 bits per heavy atom. The van der Waals surface area contributed by atoms with E-state index in [2.05, 4.69) is 15.3 Å². The lowest BCUT2D eigenvalue weighted by molar-refractivity contribution is 0.550. The Balaban J connectivity index is 1.57. The van der Waals surface area contributed by atoms with Gasteiger partial charge in [-0.15, -0.1) is 5.10 Å². The molecule has 2 aromatic carbocycles. The predicted octanol–water partition coefficient (Wildman–Crippen LogP) is 4.37. The lowest BCUT2D eigenvalue weighted by Gasteiger charge is -2.31. The van der Waals surface area contributed by atoms with Crippen molar-refractivity contribution < 1.29 is 12.8 Å². The molecule has 0 saturated heterocycles. The van der Waals surface area contributed by atoms with Crippen LogP contribution in [0.2, 0.25) is 0 Å². The molecular formula is C19H19FN4O2S3. The minimum Gasteiger partial charge on any atom is -0.352 e. The summed E-state index contributed by atoms with van der Waals surface area (Å²) in [5.74, 6) is -0.355. The number of aromatic nitrogens is 2. The van der Waals surface area contributed by atoms with Gasteiger partial charge in [0.15, 0.2) is 13.8 Å². The van der Waals surface area contributed by atoms with Gasteiger partial charge in [-0.25, -0.2) is 17.5 Å². The van der Waals surface area contributed by atoms with Crippen molar-refractivity contribution >= 4 is 49.9 Å². The molecule has 3 aromatic rings. The van der Waals surface area contributed by atoms with Gasteiger partial charge in [0.05, 0.1) is 10.6 Å². The quantitative estimate of drug-likeness (QED) is 0.582. The van der Waals surface area contributed by atoms with Crippen molar-refractivity contribution in [1.82, 2.24) is 9.78 Å². The highest BCUT2D eigenvalue weighted by Gasteiger charge is 2.20. The highest BCUT2D eigenvalue weighted by Crippen LogP contribution is 2.30. The monoisotopic (exact) mass is 450 g/mol. The van der Waals surface area contributed by atoms with E-state index in [-0.39, 0.29) is 5.82 Å². The van der Waals surface area contributed by atoms with Gasteiger partial charge in [-0.3, -0.25) is 0 Å². The third-order valence-corrected chi connectivity index (χ3v) is 7.05. The number of hydrogen-bond acceptors (Lipinski definition) is 7. The topological polar surface area (TPSA) is 67.2 Å². The minimum absolute atomic E-state index is 0.333. The van der Waals surface area contributed by atoms with Crippen molar-refractivity contribution in [3.8, 4) is 0 Å². The van der Waals surface area contributed by atoms with Crippen LogP contribution in [0.15, 0.2) is 47.4 Å². The summed E-state index contributed by atoms with van der Waals surface area (Å²) >= 11 is 6.71. The molecule has 1 aliphatic heterocycles. The van der Waals surface area contributed by atoms with Crippen molar-refractivity contribution in [2.45, 2.75) is 24.4 Å². The number of benzene rings is 2. The van der Waals surface area contributed by atoms with E-state index in [1.807, 2.05) is 6.07 Å². The summed E-state index contributed by atoms with van der Waals surface area (Å²) in [7, 11) is -3.24. The summed E-state index contributed by atoms with van der Waals surface area (Å²) in [6.07, 6.45) is 2.96. The Bertz CT molecular complexity index is 1220. The summed E-state index contributed by atoms with van der Waals surface area (Å²) in [6, 6.07) is 11.6. The largest absolute Gasteiger partial charge is 0.352 e. The molecule has 152 valence electrons. The summed E-state index contributed by atoms with van der Waals surface area (Å²) in [4.78, 5) is 2.47. The molecule has 29 heavy (non-hydrogen) atoms. The fourth-order valence-corrected chi connectivity index (χ4v) is 4.99. The van der Waals surface area contributed by atoms with Crippen LogP contribution >= 0.6 is 23.6 Å². The third kappa shape index (κ3) is 4.34. The molecule has 10 heteroatoms. The number of para-hydroxylation sites is 1. The number of nitrogens with zero attached hydrogens (tertiary/aromatic N) is 3. The lowest BCUT2D eigenvalue weighted by atomic mass is 10.0. The summed E-state index contributed by atoms with van der Waals surface area (Å²) < 4.78 is 39.8. The van der Waals surface area contributed by atoms with Gasteiger partial charge >= 0.3 is 0 Å². The average molecular weight is 451 g/mol. The van der Waals surface area contributed by atoms with Crippen LogP contribution in [0.1, 0.15) is 12.0 Å². The van der Waals surface area contributed by atoms with Crippen LogP contribution in [0.5, 0.6) is 0 Å². The van der Waals surface area contributed by atoms with Gasteiger partial charge in [0.25, 0.3) is 0 Å². The van der Waals surface area contributed by atoms with Crippen LogP contribution < -0.4 is 10.2 Å². The fraction of sp³-hybridized carbons (Fsp3) is 0.263. The third-order valence-electron chi connectivity index (χ3n) is 4.72. The molecule has 0 amide bonds. The standard InChI is InChI=1S/C19H19FN4O2S3/c1-29(25,26)14-8-9-17-13(11-14)5-4-10-23(17)12-24-19(27)28-18(22-24)21-16-7-3-2-6-15(16)20/h2-3,6-9,11H,4-5,10,12H2,1H3,(H,21,22). The van der Waals surface area contributed by atoms with Gasteiger partial charge in [-0.2, -0.15) is 0 Å². The second kappa shape index (κ2) is 7.85. The summed E-state index contributed by atoms with van der Waals surface area (Å²) in [6.45, 7) is 1.26. The first-order chi connectivity index (χ1) is 13.8. The van der Waals surface area contributed by atoms with Crippen molar-refractivity contribution in [2.24, 2.45) is 0 Å². The molecule has 2 heterocycles. The van der Waals surface area contributed by atoms with Gasteiger partial charge in [0, 0.05) is 18.5 Å². The number of fused-ring (bicyclic) bond motifs is 1. The molecule has 1 aromatic heterocycles. The number of halogens is 1. The van der Waals surface area contributed by atoms with E-state index in [4.69, 9.17) is 12.2 Å². The summed E-state index contributed by atoms with van der Waals surface area (Å²) in [5.41, 5.74) is 2.34. The second-order valence-electron chi connectivity index (χ2n) is 6.85. The van der Waals surface area contributed by atoms with Gasteiger partial charge < -0.3 is 10.2 Å². The molecule has 0 saturated carbocycles. The van der Waals surface area contributed by atoms with Crippen LogP contribution in [0.4, 0.5) is 20.9 Å². The first-order valence-electron chi connectivity index (χ1n) is 8.99. The van der Waals surface area contributed by atoms with Crippen LogP contribution in [-0.2, 0) is 22.9 Å². The second-order valence-corrected chi connectivity index (χ2v) is 10.5. The maximum absolute atomic E-state index is 13.9. The minimum atomic E-state index is -3.24. The van der Waals surface area contributed by atoms with E-state index in [1.165, 1.54) is 23.7 Å². The highest BCUT2D eigenvalue weighted by atomic mass is 32.2. The Hall–Kier alpha value is -2.30. The van der Waals surface area contributed by atoms with Crippen molar-refractivity contribution in [3.05, 3.63) is 57.8 Å². The van der Waals surface area contributed by atoms with Gasteiger partial charge in [-0.05, 0) is 61.0 Å². The highest BCUT2D eigenvalue weighted by molar-refractivity contribution is 7.90. The molecule has 0 atom stereocenters. The smallest absolute Gasteiger partial charge is 0.209 e. The number of nitrogens with one attached hydrogen (secondary N) is 1. The Morgan fingerprint density at radius 1 is 1.28 bits per heavy atom. The predicted molar refractivity (Wildman–Crippen MR) is 116 cm³/mol. The van der Waals surface area contributed by atoms with Crippen LogP contribution in [0.3, 0.4) is 0 Å². The maximum atomic E-state index is 13.9. The molecule has 0 bridgehead atoms. The van der Waals surface area contributed by atoms with Gasteiger partial charge in [0.2, 0.25) is 5.13 Å².